The zero-order valence-electron chi connectivity index (χ0n) is 14.9. The second-order valence-electron chi connectivity index (χ2n) is 5.96. The number of carbonyl (C=O) groups excluding carboxylic acids is 1. The number of rotatable bonds is 7. The van der Waals surface area contributed by atoms with Crippen LogP contribution in [-0.2, 0) is 31.4 Å². The van der Waals surface area contributed by atoms with Gasteiger partial charge in [0.05, 0.1) is 4.90 Å². The Bertz CT molecular complexity index is 896. The molecule has 2 aromatic carbocycles. The summed E-state index contributed by atoms with van der Waals surface area (Å²) in [5, 5.41) is 1.99. The highest BCUT2D eigenvalue weighted by Gasteiger charge is 2.22. The molecule has 0 aliphatic heterocycles. The van der Waals surface area contributed by atoms with E-state index in [1.807, 2.05) is 6.07 Å². The molecule has 0 heterocycles. The van der Waals surface area contributed by atoms with Crippen molar-refractivity contribution in [3.8, 4) is 0 Å². The molecule has 0 radical (unpaired) electrons. The molecule has 0 saturated heterocycles. The summed E-state index contributed by atoms with van der Waals surface area (Å²) in [6.45, 7) is 1.59. The lowest BCUT2D eigenvalue weighted by molar-refractivity contribution is -0.115. The van der Waals surface area contributed by atoms with Gasteiger partial charge >= 0.3 is 0 Å². The summed E-state index contributed by atoms with van der Waals surface area (Å²) in [7, 11) is -2.13. The van der Waals surface area contributed by atoms with Gasteiger partial charge in [-0.3, -0.25) is 9.00 Å². The Morgan fingerprint density at radius 3 is 2.38 bits per heavy atom. The molecule has 140 valence electrons. The number of hydrogen-bond acceptors (Lipinski definition) is 4. The summed E-state index contributed by atoms with van der Waals surface area (Å²) < 4.78 is 38.1. The highest BCUT2D eigenvalue weighted by atomic mass is 32.2. The first kappa shape index (κ1) is 20.3. The normalized spacial score (nSPS) is 14.0. The van der Waals surface area contributed by atoms with Gasteiger partial charge in [0.2, 0.25) is 15.9 Å². The molecule has 0 saturated carbocycles. The van der Waals surface area contributed by atoms with Crippen molar-refractivity contribution in [3.05, 3.63) is 60.2 Å². The van der Waals surface area contributed by atoms with E-state index in [1.54, 1.807) is 43.3 Å². The predicted octanol–water partition coefficient (Wildman–Crippen LogP) is 2.21. The molecular formula is C18H22N2O4S2. The first-order valence-corrected chi connectivity index (χ1v) is 10.8. The predicted molar refractivity (Wildman–Crippen MR) is 104 cm³/mol. The number of para-hydroxylation sites is 1. The lowest BCUT2D eigenvalue weighted by atomic mass is 10.2. The fourth-order valence-electron chi connectivity index (χ4n) is 2.18. The van der Waals surface area contributed by atoms with Gasteiger partial charge in [-0.05, 0) is 36.8 Å². The van der Waals surface area contributed by atoms with E-state index in [1.165, 1.54) is 26.2 Å². The van der Waals surface area contributed by atoms with Crippen LogP contribution in [0.25, 0.3) is 0 Å². The maximum absolute atomic E-state index is 12.5. The molecule has 2 atom stereocenters. The van der Waals surface area contributed by atoms with Crippen LogP contribution in [0.5, 0.6) is 0 Å². The molecule has 1 amide bonds. The van der Waals surface area contributed by atoms with Crippen LogP contribution < -0.4 is 5.32 Å². The van der Waals surface area contributed by atoms with Gasteiger partial charge in [-0.1, -0.05) is 30.3 Å². The summed E-state index contributed by atoms with van der Waals surface area (Å²) in [5.74, 6) is -0.244. The smallest absolute Gasteiger partial charge is 0.242 e. The second kappa shape index (κ2) is 8.57. The van der Waals surface area contributed by atoms with Crippen LogP contribution in [0.15, 0.2) is 59.5 Å². The van der Waals surface area contributed by atoms with Gasteiger partial charge in [0.1, 0.15) is 5.25 Å². The van der Waals surface area contributed by atoms with E-state index in [4.69, 9.17) is 0 Å². The minimum atomic E-state index is -3.56. The molecule has 6 nitrogen and oxygen atoms in total. The van der Waals surface area contributed by atoms with E-state index in [0.717, 1.165) is 4.31 Å². The highest BCUT2D eigenvalue weighted by molar-refractivity contribution is 7.89. The number of nitrogens with zero attached hydrogens (tertiary/aromatic N) is 1. The SMILES string of the molecule is C[C@H](C(=O)Nc1ccccc1)[S@](=O)Cc1cccc(S(=O)(=O)N(C)C)c1. The molecule has 0 aliphatic carbocycles. The van der Waals surface area contributed by atoms with Gasteiger partial charge in [-0.15, -0.1) is 0 Å². The third kappa shape index (κ3) is 5.00. The molecule has 2 aromatic rings. The van der Waals surface area contributed by atoms with Crippen molar-refractivity contribution in [2.24, 2.45) is 0 Å². The summed E-state index contributed by atoms with van der Waals surface area (Å²) >= 11 is 0. The first-order chi connectivity index (χ1) is 12.2. The standard InChI is InChI=1S/C18H22N2O4S2/c1-14(18(21)19-16-9-5-4-6-10-16)25(22)13-15-8-7-11-17(12-15)26(23,24)20(2)3/h4-12,14H,13H2,1-3H3,(H,19,21)/t14-,25-/m1/s1. The molecule has 0 unspecified atom stereocenters. The van der Waals surface area contributed by atoms with Crippen LogP contribution in [0.3, 0.4) is 0 Å². The summed E-state index contributed by atoms with van der Waals surface area (Å²) in [6.07, 6.45) is 0. The van der Waals surface area contributed by atoms with Crippen molar-refractivity contribution in [3.63, 3.8) is 0 Å². The average Bonchev–Trinajstić information content (AvgIpc) is 2.61. The third-order valence-corrected chi connectivity index (χ3v) is 7.22. The number of benzene rings is 2. The van der Waals surface area contributed by atoms with Gasteiger partial charge in [0.25, 0.3) is 0 Å². The van der Waals surface area contributed by atoms with Crippen LogP contribution in [0.2, 0.25) is 0 Å². The summed E-state index contributed by atoms with van der Waals surface area (Å²) in [5.41, 5.74) is 1.24. The quantitative estimate of drug-likeness (QED) is 0.780. The fourth-order valence-corrected chi connectivity index (χ4v) is 4.21. The molecule has 1 N–H and O–H groups in total. The van der Waals surface area contributed by atoms with E-state index in [0.29, 0.717) is 11.3 Å². The van der Waals surface area contributed by atoms with Crippen molar-refractivity contribution in [2.75, 3.05) is 19.4 Å². The summed E-state index contributed by atoms with van der Waals surface area (Å²) in [6, 6.07) is 15.2. The van der Waals surface area contributed by atoms with Gasteiger partial charge in [-0.25, -0.2) is 12.7 Å². The van der Waals surface area contributed by atoms with E-state index in [2.05, 4.69) is 5.32 Å². The lowest BCUT2D eigenvalue weighted by Gasteiger charge is -2.14. The second-order valence-corrected chi connectivity index (χ2v) is 9.87. The van der Waals surface area contributed by atoms with Crippen molar-refractivity contribution < 1.29 is 17.4 Å². The highest BCUT2D eigenvalue weighted by Crippen LogP contribution is 2.17. The number of hydrogen-bond donors (Lipinski definition) is 1. The van der Waals surface area contributed by atoms with Crippen molar-refractivity contribution in [2.45, 2.75) is 22.8 Å². The maximum atomic E-state index is 12.5. The minimum Gasteiger partial charge on any atom is -0.325 e. The number of carbonyl (C=O) groups is 1. The number of sulfonamides is 1. The monoisotopic (exact) mass is 394 g/mol. The maximum Gasteiger partial charge on any atom is 0.242 e. The van der Waals surface area contributed by atoms with E-state index in [-0.39, 0.29) is 16.6 Å². The Morgan fingerprint density at radius 2 is 1.77 bits per heavy atom. The zero-order chi connectivity index (χ0) is 19.3. The molecule has 0 spiro atoms. The summed E-state index contributed by atoms with van der Waals surface area (Å²) in [4.78, 5) is 12.4. The van der Waals surface area contributed by atoms with Crippen molar-refractivity contribution in [1.29, 1.82) is 0 Å². The number of anilines is 1. The van der Waals surface area contributed by atoms with Gasteiger partial charge < -0.3 is 5.32 Å². The Balaban J connectivity index is 2.08. The first-order valence-electron chi connectivity index (χ1n) is 7.96. The number of amides is 1. The Kier molecular flexibility index (Phi) is 6.69. The molecular weight excluding hydrogens is 372 g/mol. The Hall–Kier alpha value is -2.03. The topological polar surface area (TPSA) is 83.5 Å². The van der Waals surface area contributed by atoms with Crippen LogP contribution in [-0.4, -0.2) is 42.2 Å². The van der Waals surface area contributed by atoms with Crippen LogP contribution in [0.4, 0.5) is 5.69 Å². The van der Waals surface area contributed by atoms with Crippen LogP contribution >= 0.6 is 0 Å². The van der Waals surface area contributed by atoms with Gasteiger partial charge in [0.15, 0.2) is 0 Å². The lowest BCUT2D eigenvalue weighted by Crippen LogP contribution is -2.29. The van der Waals surface area contributed by atoms with E-state index < -0.39 is 26.1 Å². The number of nitrogens with one attached hydrogen (secondary N) is 1. The molecule has 8 heteroatoms. The van der Waals surface area contributed by atoms with Crippen molar-refractivity contribution >= 4 is 32.4 Å². The van der Waals surface area contributed by atoms with Gasteiger partial charge in [-0.2, -0.15) is 0 Å². The Labute approximate surface area is 156 Å². The van der Waals surface area contributed by atoms with E-state index in [9.17, 15) is 17.4 Å². The van der Waals surface area contributed by atoms with Crippen LogP contribution in [0, 0.1) is 0 Å². The van der Waals surface area contributed by atoms with Gasteiger partial charge in [0, 0.05) is 36.3 Å². The molecule has 0 fully saturated rings. The fraction of sp³-hybridized carbons (Fsp3) is 0.278. The average molecular weight is 395 g/mol. The van der Waals surface area contributed by atoms with Crippen LogP contribution in [0.1, 0.15) is 12.5 Å². The Morgan fingerprint density at radius 1 is 1.12 bits per heavy atom. The molecule has 0 bridgehead atoms. The molecule has 0 aromatic heterocycles. The third-order valence-electron chi connectivity index (χ3n) is 3.79. The molecule has 26 heavy (non-hydrogen) atoms. The zero-order valence-corrected chi connectivity index (χ0v) is 16.5. The molecule has 2 rings (SSSR count). The largest absolute Gasteiger partial charge is 0.325 e. The van der Waals surface area contributed by atoms with Crippen molar-refractivity contribution in [1.82, 2.24) is 4.31 Å². The minimum absolute atomic E-state index is 0.0974. The van der Waals surface area contributed by atoms with E-state index >= 15 is 0 Å². The molecule has 0 aliphatic rings.